The van der Waals surface area contributed by atoms with E-state index in [0.29, 0.717) is 26.9 Å². The maximum atomic E-state index is 13.2. The number of nitro groups is 1. The molecule has 150 valence electrons. The van der Waals surface area contributed by atoms with Gasteiger partial charge < -0.3 is 4.74 Å². The number of nitro benzene ring substituents is 1. The van der Waals surface area contributed by atoms with Crippen LogP contribution in [0.15, 0.2) is 65.0 Å². The van der Waals surface area contributed by atoms with Crippen LogP contribution in [-0.2, 0) is 11.3 Å². The predicted molar refractivity (Wildman–Crippen MR) is 113 cm³/mol. The Balaban J connectivity index is 1.73. The van der Waals surface area contributed by atoms with Gasteiger partial charge >= 0.3 is 5.97 Å². The van der Waals surface area contributed by atoms with Gasteiger partial charge in [-0.1, -0.05) is 24.3 Å². The summed E-state index contributed by atoms with van der Waals surface area (Å²) in [5, 5.41) is 13.3. The number of thiophene rings is 1. The number of methoxy groups -OCH3 is 1. The molecule has 0 amide bonds. The lowest BCUT2D eigenvalue weighted by Crippen LogP contribution is -2.21. The van der Waals surface area contributed by atoms with Crippen LogP contribution in [0.25, 0.3) is 21.3 Å². The molecule has 0 aliphatic carbocycles. The van der Waals surface area contributed by atoms with Crippen molar-refractivity contribution in [2.24, 2.45) is 0 Å². The highest BCUT2D eigenvalue weighted by atomic mass is 32.1. The van der Waals surface area contributed by atoms with Crippen molar-refractivity contribution in [3.05, 3.63) is 91.8 Å². The second kappa shape index (κ2) is 7.88. The Hall–Kier alpha value is -3.85. The van der Waals surface area contributed by atoms with Crippen molar-refractivity contribution in [2.45, 2.75) is 6.54 Å². The number of non-ortho nitro benzene ring substituents is 1. The summed E-state index contributed by atoms with van der Waals surface area (Å²) in [7, 11) is 1.32. The van der Waals surface area contributed by atoms with Crippen LogP contribution in [0.1, 0.15) is 15.9 Å². The van der Waals surface area contributed by atoms with Crippen LogP contribution in [0.2, 0.25) is 0 Å². The first kappa shape index (κ1) is 19.5. The Bertz CT molecular complexity index is 1320. The number of hydrogen-bond donors (Lipinski definition) is 0. The van der Waals surface area contributed by atoms with E-state index in [-0.39, 0.29) is 17.8 Å². The van der Waals surface area contributed by atoms with Gasteiger partial charge in [-0.05, 0) is 23.3 Å². The predicted octanol–water partition coefficient (Wildman–Crippen LogP) is 3.87. The lowest BCUT2D eigenvalue weighted by atomic mass is 10.1. The van der Waals surface area contributed by atoms with Crippen molar-refractivity contribution < 1.29 is 14.5 Å². The molecule has 0 aliphatic rings. The summed E-state index contributed by atoms with van der Waals surface area (Å²) in [6, 6.07) is 13.0. The molecule has 2 aromatic heterocycles. The Morgan fingerprint density at radius 3 is 2.70 bits per heavy atom. The summed E-state index contributed by atoms with van der Waals surface area (Å²) in [6.07, 6.45) is 1.48. The number of carbonyl (C=O) groups excluding carboxylic acids is 1. The van der Waals surface area contributed by atoms with Gasteiger partial charge in [-0.15, -0.1) is 11.3 Å². The molecule has 0 unspecified atom stereocenters. The number of aromatic nitrogens is 2. The lowest BCUT2D eigenvalue weighted by molar-refractivity contribution is -0.384. The second-order valence-corrected chi connectivity index (χ2v) is 7.36. The summed E-state index contributed by atoms with van der Waals surface area (Å²) in [5.41, 5.74) is 2.17. The molecule has 8 nitrogen and oxygen atoms in total. The van der Waals surface area contributed by atoms with Gasteiger partial charge in [0.05, 0.1) is 35.9 Å². The minimum Gasteiger partial charge on any atom is -0.465 e. The summed E-state index contributed by atoms with van der Waals surface area (Å²) in [5.74, 6) is -0.429. The first-order valence-electron chi connectivity index (χ1n) is 8.86. The van der Waals surface area contributed by atoms with E-state index < -0.39 is 10.9 Å². The monoisotopic (exact) mass is 421 g/mol. The van der Waals surface area contributed by atoms with Gasteiger partial charge in [0, 0.05) is 23.1 Å². The minimum atomic E-state index is -0.466. The molecule has 9 heteroatoms. The molecule has 2 aromatic carbocycles. The molecule has 2 heterocycles. The Morgan fingerprint density at radius 2 is 2.00 bits per heavy atom. The lowest BCUT2D eigenvalue weighted by Gasteiger charge is -2.07. The number of rotatable bonds is 5. The fourth-order valence-corrected chi connectivity index (χ4v) is 4.05. The van der Waals surface area contributed by atoms with Gasteiger partial charge in [0.1, 0.15) is 4.83 Å². The van der Waals surface area contributed by atoms with Gasteiger partial charge in [0.25, 0.3) is 11.2 Å². The molecular weight excluding hydrogens is 406 g/mol. The Kier molecular flexibility index (Phi) is 5.11. The zero-order valence-electron chi connectivity index (χ0n) is 15.8. The highest BCUT2D eigenvalue weighted by Crippen LogP contribution is 2.32. The summed E-state index contributed by atoms with van der Waals surface area (Å²) in [4.78, 5) is 40.3. The van der Waals surface area contributed by atoms with E-state index in [1.807, 2.05) is 0 Å². The first-order valence-corrected chi connectivity index (χ1v) is 9.74. The zero-order chi connectivity index (χ0) is 21.3. The number of ether oxygens (including phenoxy) is 1. The largest absolute Gasteiger partial charge is 0.465 e. The zero-order valence-corrected chi connectivity index (χ0v) is 16.6. The van der Waals surface area contributed by atoms with Crippen LogP contribution in [-0.4, -0.2) is 27.6 Å². The van der Waals surface area contributed by atoms with Crippen molar-refractivity contribution in [2.75, 3.05) is 7.11 Å². The standard InChI is InChI=1S/C21H15N3O5S/c1-29-21(26)14-7-5-13(6-8-14)10-23-12-22-19-18(20(23)25)17(11-30-19)15-3-2-4-16(9-15)24(27)28/h2-9,11-12H,10H2,1H3. The van der Waals surface area contributed by atoms with E-state index in [9.17, 15) is 19.7 Å². The molecular formula is C21H15N3O5S. The smallest absolute Gasteiger partial charge is 0.337 e. The van der Waals surface area contributed by atoms with Gasteiger partial charge in [0.2, 0.25) is 0 Å². The van der Waals surface area contributed by atoms with Crippen LogP contribution < -0.4 is 5.56 Å². The van der Waals surface area contributed by atoms with Crippen LogP contribution >= 0.6 is 11.3 Å². The average Bonchev–Trinajstić information content (AvgIpc) is 3.21. The molecule has 0 aliphatic heterocycles. The van der Waals surface area contributed by atoms with E-state index in [2.05, 4.69) is 9.72 Å². The van der Waals surface area contributed by atoms with E-state index in [1.54, 1.807) is 41.8 Å². The van der Waals surface area contributed by atoms with Crippen molar-refractivity contribution in [3.63, 3.8) is 0 Å². The van der Waals surface area contributed by atoms with Gasteiger partial charge in [-0.25, -0.2) is 9.78 Å². The molecule has 0 saturated carbocycles. The first-order chi connectivity index (χ1) is 14.5. The van der Waals surface area contributed by atoms with Crippen LogP contribution in [0.4, 0.5) is 5.69 Å². The number of benzene rings is 2. The third-order valence-corrected chi connectivity index (χ3v) is 5.54. The third-order valence-electron chi connectivity index (χ3n) is 4.66. The van der Waals surface area contributed by atoms with Crippen LogP contribution in [0, 0.1) is 10.1 Å². The molecule has 0 bridgehead atoms. The highest BCUT2D eigenvalue weighted by molar-refractivity contribution is 7.17. The number of hydrogen-bond acceptors (Lipinski definition) is 7. The van der Waals surface area contributed by atoms with E-state index in [0.717, 1.165) is 5.56 Å². The molecule has 0 spiro atoms. The molecule has 4 rings (SSSR count). The fraction of sp³-hybridized carbons (Fsp3) is 0.0952. The number of carbonyl (C=O) groups is 1. The summed E-state index contributed by atoms with van der Waals surface area (Å²) >= 11 is 1.31. The number of nitrogens with zero attached hydrogens (tertiary/aromatic N) is 3. The molecule has 0 fully saturated rings. The van der Waals surface area contributed by atoms with E-state index in [4.69, 9.17) is 0 Å². The van der Waals surface area contributed by atoms with Gasteiger partial charge in [-0.3, -0.25) is 19.5 Å². The van der Waals surface area contributed by atoms with Crippen LogP contribution in [0.5, 0.6) is 0 Å². The van der Waals surface area contributed by atoms with Crippen molar-refractivity contribution in [1.29, 1.82) is 0 Å². The SMILES string of the molecule is COC(=O)c1ccc(Cn2cnc3scc(-c4cccc([N+](=O)[O-])c4)c3c2=O)cc1. The molecule has 30 heavy (non-hydrogen) atoms. The topological polar surface area (TPSA) is 104 Å². The normalized spacial score (nSPS) is 10.8. The molecule has 4 aromatic rings. The molecule has 0 saturated heterocycles. The second-order valence-electron chi connectivity index (χ2n) is 6.50. The maximum Gasteiger partial charge on any atom is 0.337 e. The van der Waals surface area contributed by atoms with Crippen molar-refractivity contribution in [3.8, 4) is 11.1 Å². The molecule has 0 atom stereocenters. The quantitative estimate of drug-likeness (QED) is 0.275. The van der Waals surface area contributed by atoms with Crippen molar-refractivity contribution >= 4 is 33.2 Å². The Morgan fingerprint density at radius 1 is 1.23 bits per heavy atom. The van der Waals surface area contributed by atoms with Gasteiger partial charge in [0.15, 0.2) is 0 Å². The third kappa shape index (κ3) is 3.58. The van der Waals surface area contributed by atoms with E-state index >= 15 is 0 Å². The number of esters is 1. The number of fused-ring (bicyclic) bond motifs is 1. The van der Waals surface area contributed by atoms with Crippen LogP contribution in [0.3, 0.4) is 0 Å². The van der Waals surface area contributed by atoms with E-state index in [1.165, 1.54) is 41.5 Å². The minimum absolute atomic E-state index is 0.0400. The maximum absolute atomic E-state index is 13.2. The summed E-state index contributed by atoms with van der Waals surface area (Å²) < 4.78 is 6.16. The fourth-order valence-electron chi connectivity index (χ4n) is 3.14. The highest BCUT2D eigenvalue weighted by Gasteiger charge is 2.16. The van der Waals surface area contributed by atoms with Gasteiger partial charge in [-0.2, -0.15) is 0 Å². The van der Waals surface area contributed by atoms with Crippen molar-refractivity contribution in [1.82, 2.24) is 9.55 Å². The average molecular weight is 421 g/mol. The summed E-state index contributed by atoms with van der Waals surface area (Å²) in [6.45, 7) is 0.271. The molecule has 0 radical (unpaired) electrons. The molecule has 0 N–H and O–H groups in total. The Labute approximate surface area is 174 Å².